The Labute approximate surface area is 145 Å². The first-order valence-electron chi connectivity index (χ1n) is 8.35. The number of ether oxygens (including phenoxy) is 3. The number of pyridine rings is 1. The number of aryl methyl sites for hydroxylation is 2. The average Bonchev–Trinajstić information content (AvgIpc) is 3.11. The molecule has 0 atom stereocenters. The molecule has 1 aromatic heterocycles. The Morgan fingerprint density at radius 1 is 1.16 bits per heavy atom. The van der Waals surface area contributed by atoms with Crippen molar-refractivity contribution in [2.24, 2.45) is 0 Å². The van der Waals surface area contributed by atoms with E-state index in [-0.39, 0.29) is 13.4 Å². The van der Waals surface area contributed by atoms with Gasteiger partial charge in [-0.2, -0.15) is 4.57 Å². The molecule has 0 fully saturated rings. The number of nitrogens with zero attached hydrogens (tertiary/aromatic N) is 1. The van der Waals surface area contributed by atoms with Gasteiger partial charge >= 0.3 is 0 Å². The second-order valence-corrected chi connectivity index (χ2v) is 6.38. The van der Waals surface area contributed by atoms with E-state index in [9.17, 15) is 5.11 Å². The zero-order chi connectivity index (χ0) is 17.0. The summed E-state index contributed by atoms with van der Waals surface area (Å²) in [4.78, 5) is 0. The summed E-state index contributed by atoms with van der Waals surface area (Å²) in [5.41, 5.74) is 4.42. The van der Waals surface area contributed by atoms with Crippen LogP contribution >= 0.6 is 0 Å². The number of aliphatic hydroxyl groups is 1. The maximum absolute atomic E-state index is 9.55. The Bertz CT molecular complexity index is 1010. The topological polar surface area (TPSA) is 51.8 Å². The van der Waals surface area contributed by atoms with E-state index in [1.807, 2.05) is 12.1 Å². The highest BCUT2D eigenvalue weighted by Gasteiger charge is 2.28. The number of methoxy groups -OCH3 is 1. The van der Waals surface area contributed by atoms with Crippen LogP contribution in [0.1, 0.15) is 11.1 Å². The molecule has 0 saturated carbocycles. The van der Waals surface area contributed by atoms with Crippen molar-refractivity contribution in [3.8, 4) is 28.5 Å². The lowest BCUT2D eigenvalue weighted by molar-refractivity contribution is -0.686. The minimum absolute atomic E-state index is 0.0345. The first-order chi connectivity index (χ1) is 12.3. The molecule has 126 valence electrons. The first-order valence-corrected chi connectivity index (χ1v) is 8.35. The van der Waals surface area contributed by atoms with E-state index >= 15 is 0 Å². The van der Waals surface area contributed by atoms with Crippen LogP contribution in [0.15, 0.2) is 36.5 Å². The molecule has 2 aromatic carbocycles. The fourth-order valence-corrected chi connectivity index (χ4v) is 3.83. The minimum Gasteiger partial charge on any atom is -0.495 e. The van der Waals surface area contributed by atoms with Crippen LogP contribution in [0.2, 0.25) is 0 Å². The van der Waals surface area contributed by atoms with Crippen LogP contribution in [-0.4, -0.2) is 19.0 Å². The van der Waals surface area contributed by atoms with Crippen LogP contribution in [0.5, 0.6) is 17.2 Å². The van der Waals surface area contributed by atoms with Crippen molar-refractivity contribution in [2.45, 2.75) is 19.6 Å². The summed E-state index contributed by atoms with van der Waals surface area (Å²) in [5, 5.41) is 11.7. The maximum Gasteiger partial charge on any atom is 0.231 e. The third-order valence-electron chi connectivity index (χ3n) is 5.07. The summed E-state index contributed by atoms with van der Waals surface area (Å²) < 4.78 is 18.9. The smallest absolute Gasteiger partial charge is 0.231 e. The molecule has 5 heteroatoms. The summed E-state index contributed by atoms with van der Waals surface area (Å²) in [6.45, 7) is 1.15. The molecule has 2 aliphatic rings. The van der Waals surface area contributed by atoms with Gasteiger partial charge in [0, 0.05) is 18.1 Å². The lowest BCUT2D eigenvalue weighted by atomic mass is 9.95. The second kappa shape index (κ2) is 5.36. The van der Waals surface area contributed by atoms with Gasteiger partial charge in [-0.25, -0.2) is 0 Å². The number of hydrogen-bond donors (Lipinski definition) is 1. The van der Waals surface area contributed by atoms with Gasteiger partial charge in [0.05, 0.1) is 24.7 Å². The number of rotatable bonds is 2. The molecule has 0 aliphatic carbocycles. The number of fused-ring (bicyclic) bond motifs is 5. The monoisotopic (exact) mass is 336 g/mol. The van der Waals surface area contributed by atoms with E-state index < -0.39 is 0 Å². The standard InChI is InChI=1S/C20H18NO4/c1-23-20-14(10-22)3-2-12-6-17-15-8-19-18(24-11-25-19)7-13(15)4-5-21(17)9-16(12)20/h2-3,6-9,22H,4-5,10-11H2,1H3/q+1. The quantitative estimate of drug-likeness (QED) is 0.731. The molecule has 0 bridgehead atoms. The van der Waals surface area contributed by atoms with Gasteiger partial charge in [-0.05, 0) is 23.1 Å². The van der Waals surface area contributed by atoms with Crippen molar-refractivity contribution in [1.29, 1.82) is 0 Å². The lowest BCUT2D eigenvalue weighted by Crippen LogP contribution is -2.40. The van der Waals surface area contributed by atoms with Crippen LogP contribution in [-0.2, 0) is 19.6 Å². The lowest BCUT2D eigenvalue weighted by Gasteiger charge is -2.17. The van der Waals surface area contributed by atoms with Crippen molar-refractivity contribution < 1.29 is 23.9 Å². The number of hydrogen-bond acceptors (Lipinski definition) is 4. The molecule has 1 N–H and O–H groups in total. The van der Waals surface area contributed by atoms with Gasteiger partial charge in [-0.3, -0.25) is 0 Å². The van der Waals surface area contributed by atoms with Crippen LogP contribution in [0.25, 0.3) is 22.0 Å². The zero-order valence-corrected chi connectivity index (χ0v) is 13.9. The third kappa shape index (κ3) is 2.09. The molecular formula is C20H18NO4+. The Balaban J connectivity index is 1.75. The summed E-state index contributed by atoms with van der Waals surface area (Å²) in [6, 6.07) is 10.3. The average molecular weight is 336 g/mol. The third-order valence-corrected chi connectivity index (χ3v) is 5.07. The molecule has 0 radical (unpaired) electrons. The maximum atomic E-state index is 9.55. The summed E-state index contributed by atoms with van der Waals surface area (Å²) in [6.07, 6.45) is 3.06. The van der Waals surface area contributed by atoms with Gasteiger partial charge < -0.3 is 19.3 Å². The number of aromatic nitrogens is 1. The Hall–Kier alpha value is -2.79. The van der Waals surface area contributed by atoms with E-state index in [1.54, 1.807) is 7.11 Å². The molecule has 0 saturated heterocycles. The van der Waals surface area contributed by atoms with Crippen molar-refractivity contribution >= 4 is 10.8 Å². The van der Waals surface area contributed by atoms with Gasteiger partial charge in [0.25, 0.3) is 0 Å². The van der Waals surface area contributed by atoms with Crippen molar-refractivity contribution in [1.82, 2.24) is 0 Å². The molecule has 5 nitrogen and oxygen atoms in total. The zero-order valence-electron chi connectivity index (χ0n) is 13.9. The highest BCUT2D eigenvalue weighted by molar-refractivity contribution is 5.90. The van der Waals surface area contributed by atoms with E-state index in [2.05, 4.69) is 29.0 Å². The molecule has 3 heterocycles. The second-order valence-electron chi connectivity index (χ2n) is 6.38. The highest BCUT2D eigenvalue weighted by atomic mass is 16.7. The number of benzene rings is 2. The van der Waals surface area contributed by atoms with Crippen molar-refractivity contribution in [3.05, 3.63) is 47.7 Å². The molecule has 3 aromatic rings. The van der Waals surface area contributed by atoms with Crippen molar-refractivity contribution in [3.63, 3.8) is 0 Å². The molecule has 2 aliphatic heterocycles. The molecule has 0 unspecified atom stereocenters. The molecule has 25 heavy (non-hydrogen) atoms. The van der Waals surface area contributed by atoms with Crippen LogP contribution in [0.4, 0.5) is 0 Å². The molecule has 0 amide bonds. The first kappa shape index (κ1) is 14.5. The summed E-state index contributed by atoms with van der Waals surface area (Å²) >= 11 is 0. The van der Waals surface area contributed by atoms with Crippen molar-refractivity contribution in [2.75, 3.05) is 13.9 Å². The van der Waals surface area contributed by atoms with E-state index in [0.717, 1.165) is 52.2 Å². The summed E-state index contributed by atoms with van der Waals surface area (Å²) in [5.74, 6) is 2.38. The highest BCUT2D eigenvalue weighted by Crippen LogP contribution is 2.40. The van der Waals surface area contributed by atoms with Gasteiger partial charge in [-0.1, -0.05) is 12.1 Å². The van der Waals surface area contributed by atoms with E-state index in [4.69, 9.17) is 14.2 Å². The fraction of sp³-hybridized carbons (Fsp3) is 0.250. The van der Waals surface area contributed by atoms with Crippen LogP contribution in [0.3, 0.4) is 0 Å². The Morgan fingerprint density at radius 3 is 2.80 bits per heavy atom. The number of aliphatic hydroxyl groups excluding tert-OH is 1. The Morgan fingerprint density at radius 2 is 2.00 bits per heavy atom. The SMILES string of the molecule is COc1c(CO)ccc2cc3[n+](cc12)CCc1cc2c(cc1-3)OCO2. The molecule has 0 spiro atoms. The summed E-state index contributed by atoms with van der Waals surface area (Å²) in [7, 11) is 1.65. The van der Waals surface area contributed by atoms with Gasteiger partial charge in [0.1, 0.15) is 5.75 Å². The van der Waals surface area contributed by atoms with Gasteiger partial charge in [-0.15, -0.1) is 0 Å². The van der Waals surface area contributed by atoms with E-state index in [1.165, 1.54) is 11.1 Å². The molecule has 5 rings (SSSR count). The Kier molecular flexibility index (Phi) is 3.12. The van der Waals surface area contributed by atoms with Gasteiger partial charge in [0.15, 0.2) is 24.2 Å². The predicted molar refractivity (Wildman–Crippen MR) is 91.9 cm³/mol. The largest absolute Gasteiger partial charge is 0.495 e. The normalized spacial score (nSPS) is 14.3. The van der Waals surface area contributed by atoms with Crippen LogP contribution < -0.4 is 18.8 Å². The van der Waals surface area contributed by atoms with E-state index in [0.29, 0.717) is 0 Å². The fourth-order valence-electron chi connectivity index (χ4n) is 3.83. The minimum atomic E-state index is -0.0345. The predicted octanol–water partition coefficient (Wildman–Crippen LogP) is 2.58. The van der Waals surface area contributed by atoms with Crippen LogP contribution in [0, 0.1) is 0 Å². The van der Waals surface area contributed by atoms with Gasteiger partial charge in [0.2, 0.25) is 12.5 Å². The molecular weight excluding hydrogens is 318 g/mol.